The number of carbonyl (C=O) groups excluding carboxylic acids is 1. The van der Waals surface area contributed by atoms with Gasteiger partial charge in [0.05, 0.1) is 11.9 Å². The first-order valence-corrected chi connectivity index (χ1v) is 8.14. The zero-order valence-corrected chi connectivity index (χ0v) is 14.5. The van der Waals surface area contributed by atoms with Crippen molar-refractivity contribution in [3.05, 3.63) is 82.9 Å². The summed E-state index contributed by atoms with van der Waals surface area (Å²) in [6.45, 7) is 0. The summed E-state index contributed by atoms with van der Waals surface area (Å²) in [7, 11) is 0. The second-order valence-corrected chi connectivity index (χ2v) is 6.17. The molecule has 3 aromatic rings. The van der Waals surface area contributed by atoms with E-state index in [2.05, 4.69) is 10.3 Å². The molecule has 1 aromatic heterocycles. The molecule has 0 aliphatic heterocycles. The van der Waals surface area contributed by atoms with E-state index in [4.69, 9.17) is 17.3 Å². The SMILES string of the molecule is NC(=O)C(Nc1cncc(-c2cc(Cl)ccc2F)c1)c1cc(F)ccc1F. The first kappa shape index (κ1) is 18.7. The Labute approximate surface area is 157 Å². The molecule has 3 N–H and O–H groups in total. The third-order valence-electron chi connectivity index (χ3n) is 3.84. The van der Waals surface area contributed by atoms with Crippen molar-refractivity contribution in [2.24, 2.45) is 5.73 Å². The summed E-state index contributed by atoms with van der Waals surface area (Å²) in [5.41, 5.74) is 5.93. The van der Waals surface area contributed by atoms with E-state index in [0.717, 1.165) is 18.2 Å². The van der Waals surface area contributed by atoms with Crippen molar-refractivity contribution in [1.82, 2.24) is 4.98 Å². The number of hydrogen-bond acceptors (Lipinski definition) is 3. The Balaban J connectivity index is 1.97. The summed E-state index contributed by atoms with van der Waals surface area (Å²) in [6, 6.07) is 6.91. The van der Waals surface area contributed by atoms with Gasteiger partial charge in [-0.3, -0.25) is 9.78 Å². The van der Waals surface area contributed by atoms with Crippen molar-refractivity contribution < 1.29 is 18.0 Å². The highest BCUT2D eigenvalue weighted by atomic mass is 35.5. The normalized spacial score (nSPS) is 11.9. The van der Waals surface area contributed by atoms with E-state index in [1.165, 1.54) is 36.7 Å². The van der Waals surface area contributed by atoms with Gasteiger partial charge in [0.25, 0.3) is 0 Å². The van der Waals surface area contributed by atoms with Gasteiger partial charge in [-0.2, -0.15) is 0 Å². The predicted molar refractivity (Wildman–Crippen MR) is 96.6 cm³/mol. The molecule has 0 fully saturated rings. The highest BCUT2D eigenvalue weighted by molar-refractivity contribution is 6.30. The van der Waals surface area contributed by atoms with Crippen LogP contribution in [0, 0.1) is 17.5 Å². The molecule has 3 rings (SSSR count). The molecule has 0 aliphatic carbocycles. The molecule has 8 heteroatoms. The molecule has 1 heterocycles. The molecule has 0 aliphatic rings. The van der Waals surface area contributed by atoms with E-state index in [1.54, 1.807) is 0 Å². The van der Waals surface area contributed by atoms with Crippen LogP contribution in [-0.4, -0.2) is 10.9 Å². The minimum Gasteiger partial charge on any atom is -0.369 e. The summed E-state index contributed by atoms with van der Waals surface area (Å²) in [6.07, 6.45) is 2.75. The third-order valence-corrected chi connectivity index (χ3v) is 4.08. The Morgan fingerprint density at radius 2 is 1.78 bits per heavy atom. The van der Waals surface area contributed by atoms with Gasteiger partial charge in [0.2, 0.25) is 5.91 Å². The molecule has 1 amide bonds. The molecule has 1 unspecified atom stereocenters. The van der Waals surface area contributed by atoms with Crippen molar-refractivity contribution in [3.8, 4) is 11.1 Å². The Morgan fingerprint density at radius 1 is 1.04 bits per heavy atom. The maximum Gasteiger partial charge on any atom is 0.244 e. The number of carbonyl (C=O) groups is 1. The third kappa shape index (κ3) is 4.20. The molecule has 138 valence electrons. The number of amides is 1. The first-order valence-electron chi connectivity index (χ1n) is 7.76. The molecule has 0 spiro atoms. The zero-order chi connectivity index (χ0) is 19.6. The molecule has 0 radical (unpaired) electrons. The fraction of sp³-hybridized carbons (Fsp3) is 0.0526. The molecular formula is C19H13ClF3N3O. The van der Waals surface area contributed by atoms with Crippen LogP contribution in [0.25, 0.3) is 11.1 Å². The lowest BCUT2D eigenvalue weighted by atomic mass is 10.0. The number of nitrogens with zero attached hydrogens (tertiary/aromatic N) is 1. The molecule has 0 saturated heterocycles. The van der Waals surface area contributed by atoms with Crippen LogP contribution in [0.5, 0.6) is 0 Å². The summed E-state index contributed by atoms with van der Waals surface area (Å²) in [5.74, 6) is -2.94. The van der Waals surface area contributed by atoms with E-state index < -0.39 is 29.4 Å². The van der Waals surface area contributed by atoms with Crippen LogP contribution in [0.3, 0.4) is 0 Å². The highest BCUT2D eigenvalue weighted by Crippen LogP contribution is 2.29. The largest absolute Gasteiger partial charge is 0.369 e. The van der Waals surface area contributed by atoms with Gasteiger partial charge in [-0.15, -0.1) is 0 Å². The Morgan fingerprint density at radius 3 is 2.52 bits per heavy atom. The van der Waals surface area contributed by atoms with Crippen LogP contribution in [-0.2, 0) is 4.79 Å². The van der Waals surface area contributed by atoms with Crippen LogP contribution in [0.15, 0.2) is 54.9 Å². The monoisotopic (exact) mass is 391 g/mol. The summed E-state index contributed by atoms with van der Waals surface area (Å²) >= 11 is 5.90. The Kier molecular flexibility index (Phi) is 5.32. The van der Waals surface area contributed by atoms with Crippen molar-refractivity contribution >= 4 is 23.2 Å². The van der Waals surface area contributed by atoms with Gasteiger partial charge in [0.1, 0.15) is 23.5 Å². The molecular weight excluding hydrogens is 379 g/mol. The first-order chi connectivity index (χ1) is 12.8. The number of benzene rings is 2. The second kappa shape index (κ2) is 7.67. The fourth-order valence-electron chi connectivity index (χ4n) is 2.59. The number of anilines is 1. The van der Waals surface area contributed by atoms with Gasteiger partial charge in [-0.25, -0.2) is 13.2 Å². The number of nitrogens with one attached hydrogen (secondary N) is 1. The lowest BCUT2D eigenvalue weighted by molar-refractivity contribution is -0.118. The van der Waals surface area contributed by atoms with Crippen LogP contribution in [0.4, 0.5) is 18.9 Å². The smallest absolute Gasteiger partial charge is 0.244 e. The standard InChI is InChI=1S/C19H13ClF3N3O/c20-11-1-3-16(22)14(6-11)10-5-13(9-25-8-10)26-18(19(24)27)15-7-12(21)2-4-17(15)23/h1-9,18,26H,(H2,24,27). The number of rotatable bonds is 5. The fourth-order valence-corrected chi connectivity index (χ4v) is 2.76. The predicted octanol–water partition coefficient (Wildman–Crippen LogP) is 4.46. The summed E-state index contributed by atoms with van der Waals surface area (Å²) < 4.78 is 41.6. The minimum absolute atomic E-state index is 0.200. The van der Waals surface area contributed by atoms with E-state index >= 15 is 0 Å². The van der Waals surface area contributed by atoms with E-state index in [0.29, 0.717) is 10.6 Å². The van der Waals surface area contributed by atoms with Crippen LogP contribution >= 0.6 is 11.6 Å². The van der Waals surface area contributed by atoms with Crippen molar-refractivity contribution in [3.63, 3.8) is 0 Å². The van der Waals surface area contributed by atoms with Gasteiger partial charge in [0, 0.05) is 27.9 Å². The Bertz CT molecular complexity index is 1010. The van der Waals surface area contributed by atoms with Gasteiger partial charge >= 0.3 is 0 Å². The van der Waals surface area contributed by atoms with Gasteiger partial charge in [0.15, 0.2) is 0 Å². The Hall–Kier alpha value is -3.06. The number of pyridine rings is 1. The lowest BCUT2D eigenvalue weighted by Gasteiger charge is -2.18. The van der Waals surface area contributed by atoms with Gasteiger partial charge in [-0.1, -0.05) is 11.6 Å². The molecule has 4 nitrogen and oxygen atoms in total. The molecule has 27 heavy (non-hydrogen) atoms. The molecule has 0 saturated carbocycles. The maximum absolute atomic E-state index is 14.1. The number of primary amides is 1. The van der Waals surface area contributed by atoms with Gasteiger partial charge < -0.3 is 11.1 Å². The van der Waals surface area contributed by atoms with Crippen LogP contribution < -0.4 is 11.1 Å². The lowest BCUT2D eigenvalue weighted by Crippen LogP contribution is -2.28. The number of hydrogen-bond donors (Lipinski definition) is 2. The number of aromatic nitrogens is 1. The van der Waals surface area contributed by atoms with Crippen molar-refractivity contribution in [1.29, 1.82) is 0 Å². The number of nitrogens with two attached hydrogens (primary N) is 1. The van der Waals surface area contributed by atoms with Crippen LogP contribution in [0.1, 0.15) is 11.6 Å². The summed E-state index contributed by atoms with van der Waals surface area (Å²) in [5, 5.41) is 3.04. The van der Waals surface area contributed by atoms with E-state index in [1.807, 2.05) is 0 Å². The van der Waals surface area contributed by atoms with Crippen molar-refractivity contribution in [2.45, 2.75) is 6.04 Å². The molecule has 1 atom stereocenters. The van der Waals surface area contributed by atoms with Crippen molar-refractivity contribution in [2.75, 3.05) is 5.32 Å². The number of halogens is 4. The average molecular weight is 392 g/mol. The van der Waals surface area contributed by atoms with Crippen LogP contribution in [0.2, 0.25) is 5.02 Å². The van der Waals surface area contributed by atoms with Gasteiger partial charge in [-0.05, 0) is 42.5 Å². The molecule has 2 aromatic carbocycles. The minimum atomic E-state index is -1.35. The highest BCUT2D eigenvalue weighted by Gasteiger charge is 2.22. The zero-order valence-electron chi connectivity index (χ0n) is 13.7. The van der Waals surface area contributed by atoms with E-state index in [9.17, 15) is 18.0 Å². The second-order valence-electron chi connectivity index (χ2n) is 5.73. The summed E-state index contributed by atoms with van der Waals surface area (Å²) in [4.78, 5) is 15.8. The maximum atomic E-state index is 14.1. The van der Waals surface area contributed by atoms with E-state index in [-0.39, 0.29) is 16.8 Å². The average Bonchev–Trinajstić information content (AvgIpc) is 2.64. The quantitative estimate of drug-likeness (QED) is 0.674. The topological polar surface area (TPSA) is 68.0 Å². The molecule has 0 bridgehead atoms.